The molecule has 2 unspecified atom stereocenters. The van der Waals surface area contributed by atoms with Gasteiger partial charge in [0, 0.05) is 0 Å². The van der Waals surface area contributed by atoms with Crippen molar-refractivity contribution in [3.8, 4) is 0 Å². The fourth-order valence-electron chi connectivity index (χ4n) is 3.47. The van der Waals surface area contributed by atoms with Gasteiger partial charge in [-0.1, -0.05) is 130 Å². The van der Waals surface area contributed by atoms with E-state index in [0.717, 1.165) is 24.7 Å². The van der Waals surface area contributed by atoms with Crippen molar-refractivity contribution in [2.24, 2.45) is 11.8 Å². The van der Waals surface area contributed by atoms with Crippen LogP contribution in [0.5, 0.6) is 0 Å². The third-order valence-electron chi connectivity index (χ3n) is 5.49. The summed E-state index contributed by atoms with van der Waals surface area (Å²) in [7, 11) is 0. The summed E-state index contributed by atoms with van der Waals surface area (Å²) in [6.45, 7) is 17.1. The summed E-state index contributed by atoms with van der Waals surface area (Å²) >= 11 is 0. The number of unbranched alkanes of at least 4 members (excludes halogenated alkanes) is 10. The molecule has 0 aliphatic carbocycles. The molecule has 0 aliphatic rings. The quantitative estimate of drug-likeness (QED) is 0.104. The van der Waals surface area contributed by atoms with Gasteiger partial charge >= 0.3 is 27.3 Å². The van der Waals surface area contributed by atoms with Crippen LogP contribution < -0.4 is 0 Å². The van der Waals surface area contributed by atoms with Crippen molar-refractivity contribution in [2.45, 2.75) is 143 Å². The zero-order valence-corrected chi connectivity index (χ0v) is 24.0. The van der Waals surface area contributed by atoms with E-state index in [2.05, 4.69) is 41.5 Å². The third kappa shape index (κ3) is 31.8. The van der Waals surface area contributed by atoms with E-state index in [-0.39, 0.29) is 27.3 Å². The molecule has 0 aliphatic heterocycles. The molecule has 2 atom stereocenters. The molecule has 0 bridgehead atoms. The van der Waals surface area contributed by atoms with Crippen LogP contribution >= 0.6 is 0 Å². The third-order valence-corrected chi connectivity index (χ3v) is 5.49. The van der Waals surface area contributed by atoms with E-state index in [1.807, 2.05) is 0 Å². The average Bonchev–Trinajstić information content (AvgIpc) is 2.65. The van der Waals surface area contributed by atoms with Crippen LogP contribution in [0.4, 0.5) is 0 Å². The molecule has 0 radical (unpaired) electrons. The molecule has 27 heavy (non-hydrogen) atoms. The van der Waals surface area contributed by atoms with Gasteiger partial charge in [0.25, 0.3) is 0 Å². The van der Waals surface area contributed by atoms with Crippen molar-refractivity contribution in [3.05, 3.63) is 13.8 Å². The predicted molar refractivity (Wildman–Crippen MR) is 123 cm³/mol. The van der Waals surface area contributed by atoms with E-state index < -0.39 is 0 Å². The van der Waals surface area contributed by atoms with Gasteiger partial charge in [0.05, 0.1) is 0 Å². The summed E-state index contributed by atoms with van der Waals surface area (Å²) < 4.78 is 0. The summed E-state index contributed by atoms with van der Waals surface area (Å²) in [5.74, 6) is 1.87. The SMILES string of the molecule is [CH2-]CCCC(C)CCCCCCC.[CH2-]CCCC(C)CCCCCCC.[Cd+2]. The first-order chi connectivity index (χ1) is 12.6. The fourth-order valence-corrected chi connectivity index (χ4v) is 3.47. The minimum atomic E-state index is 0. The Kier molecular flexibility index (Phi) is 35.1. The molecule has 0 N–H and O–H groups in total. The summed E-state index contributed by atoms with van der Waals surface area (Å²) in [4.78, 5) is 0. The minimum Gasteiger partial charge on any atom is -0.343 e. The summed E-state index contributed by atoms with van der Waals surface area (Å²) in [6.07, 6.45) is 24.7. The predicted octanol–water partition coefficient (Wildman–Crippen LogP) is 9.97. The monoisotopic (exact) mass is 480 g/mol. The van der Waals surface area contributed by atoms with Gasteiger partial charge in [-0.05, 0) is 11.8 Å². The summed E-state index contributed by atoms with van der Waals surface area (Å²) in [5.41, 5.74) is 0. The summed E-state index contributed by atoms with van der Waals surface area (Å²) in [6, 6.07) is 0. The van der Waals surface area contributed by atoms with Gasteiger partial charge in [0.15, 0.2) is 0 Å². The molecule has 0 rings (SSSR count). The molecule has 0 aromatic carbocycles. The molecule has 0 spiro atoms. The Labute approximate surface area is 195 Å². The maximum absolute atomic E-state index is 3.88. The van der Waals surface area contributed by atoms with E-state index in [4.69, 9.17) is 0 Å². The number of rotatable bonds is 18. The van der Waals surface area contributed by atoms with E-state index >= 15 is 0 Å². The van der Waals surface area contributed by atoms with Crippen molar-refractivity contribution in [1.29, 1.82) is 0 Å². The number of hydrogen-bond donors (Lipinski definition) is 0. The molecule has 1 heteroatoms. The van der Waals surface area contributed by atoms with Crippen molar-refractivity contribution in [3.63, 3.8) is 0 Å². The molecule has 0 saturated carbocycles. The molecule has 0 aromatic rings. The first-order valence-electron chi connectivity index (χ1n) is 12.2. The second-order valence-electron chi connectivity index (χ2n) is 8.61. The second kappa shape index (κ2) is 29.1. The van der Waals surface area contributed by atoms with Crippen molar-refractivity contribution >= 4 is 0 Å². The molecule has 0 amide bonds. The molecule has 0 heterocycles. The zero-order valence-electron chi connectivity index (χ0n) is 20.0. The van der Waals surface area contributed by atoms with Gasteiger partial charge in [-0.2, -0.15) is 12.8 Å². The van der Waals surface area contributed by atoms with Gasteiger partial charge in [0.1, 0.15) is 0 Å². The van der Waals surface area contributed by atoms with E-state index in [1.165, 1.54) is 103 Å². The molecular formula is C26H54Cd. The van der Waals surface area contributed by atoms with Crippen LogP contribution in [0.2, 0.25) is 0 Å². The van der Waals surface area contributed by atoms with Crippen molar-refractivity contribution in [1.82, 2.24) is 0 Å². The van der Waals surface area contributed by atoms with Crippen LogP contribution in [-0.2, 0) is 27.3 Å². The number of hydrogen-bond acceptors (Lipinski definition) is 0. The van der Waals surface area contributed by atoms with Crippen LogP contribution in [0, 0.1) is 25.7 Å². The topological polar surface area (TPSA) is 0 Å². The molecule has 0 nitrogen and oxygen atoms in total. The first-order valence-corrected chi connectivity index (χ1v) is 12.2. The maximum Gasteiger partial charge on any atom is 2.00 e. The first kappa shape index (κ1) is 32.6. The summed E-state index contributed by atoms with van der Waals surface area (Å²) in [5, 5.41) is 0. The Bertz CT molecular complexity index is 202. The van der Waals surface area contributed by atoms with Crippen LogP contribution in [0.15, 0.2) is 0 Å². The van der Waals surface area contributed by atoms with E-state index in [0.29, 0.717) is 0 Å². The zero-order chi connectivity index (χ0) is 19.9. The fraction of sp³-hybridized carbons (Fsp3) is 0.923. The Morgan fingerprint density at radius 2 is 0.778 bits per heavy atom. The van der Waals surface area contributed by atoms with Gasteiger partial charge in [-0.3, -0.25) is 0 Å². The normalized spacial score (nSPS) is 12.7. The maximum atomic E-state index is 3.88. The Balaban J connectivity index is -0.000000411. The van der Waals surface area contributed by atoms with E-state index in [9.17, 15) is 0 Å². The largest absolute Gasteiger partial charge is 2.00 e. The standard InChI is InChI=1S/2C13H27.Cd/c2*1-4-6-8-9-10-12-13(3)11-7-5-2;/h2*13H,2,4-12H2,1,3H3;/q2*-1;+2. The van der Waals surface area contributed by atoms with Crippen LogP contribution in [0.25, 0.3) is 0 Å². The van der Waals surface area contributed by atoms with Crippen molar-refractivity contribution < 1.29 is 27.3 Å². The minimum absolute atomic E-state index is 0. The van der Waals surface area contributed by atoms with Crippen LogP contribution in [-0.4, -0.2) is 0 Å². The molecule has 0 saturated heterocycles. The Hall–Kier alpha value is 0.922. The van der Waals surface area contributed by atoms with Crippen LogP contribution in [0.1, 0.15) is 143 Å². The molecule has 0 fully saturated rings. The molecule has 160 valence electrons. The van der Waals surface area contributed by atoms with Gasteiger partial charge in [-0.15, -0.1) is 0 Å². The Morgan fingerprint density at radius 3 is 1.07 bits per heavy atom. The van der Waals surface area contributed by atoms with Crippen molar-refractivity contribution in [2.75, 3.05) is 0 Å². The van der Waals surface area contributed by atoms with Gasteiger partial charge in [0.2, 0.25) is 0 Å². The molecular weight excluding hydrogens is 425 g/mol. The average molecular weight is 479 g/mol. The Morgan fingerprint density at radius 1 is 0.481 bits per heavy atom. The van der Waals surface area contributed by atoms with E-state index in [1.54, 1.807) is 0 Å². The van der Waals surface area contributed by atoms with Crippen LogP contribution in [0.3, 0.4) is 0 Å². The van der Waals surface area contributed by atoms with Gasteiger partial charge < -0.3 is 13.8 Å². The smallest absolute Gasteiger partial charge is 0.343 e. The van der Waals surface area contributed by atoms with Gasteiger partial charge in [-0.25, -0.2) is 0 Å². The molecule has 0 aromatic heterocycles. The second-order valence-corrected chi connectivity index (χ2v) is 8.61.